The standard InChI is InChI=1S/C4H6ClF3O2S/c1-3(11(5,9)10)2-4(6,7)8/h3H,2H2,1H3. The van der Waals surface area contributed by atoms with Crippen LogP contribution in [0.2, 0.25) is 0 Å². The van der Waals surface area contributed by atoms with Crippen LogP contribution in [0.3, 0.4) is 0 Å². The average Bonchev–Trinajstić information content (AvgIpc) is 1.56. The molecule has 0 saturated heterocycles. The molecule has 0 N–H and O–H groups in total. The SMILES string of the molecule is CC(CC(F)(F)F)S(=O)(=O)Cl. The monoisotopic (exact) mass is 210 g/mol. The molecular weight excluding hydrogens is 205 g/mol. The van der Waals surface area contributed by atoms with Crippen molar-refractivity contribution < 1.29 is 21.6 Å². The highest BCUT2D eigenvalue weighted by Gasteiger charge is 2.34. The van der Waals surface area contributed by atoms with Crippen LogP contribution >= 0.6 is 10.7 Å². The summed E-state index contributed by atoms with van der Waals surface area (Å²) in [5.74, 6) is 0. The van der Waals surface area contributed by atoms with Gasteiger partial charge in [0.05, 0.1) is 11.7 Å². The van der Waals surface area contributed by atoms with E-state index in [2.05, 4.69) is 10.7 Å². The van der Waals surface area contributed by atoms with Gasteiger partial charge in [0, 0.05) is 10.7 Å². The summed E-state index contributed by atoms with van der Waals surface area (Å²) in [6.07, 6.45) is -5.89. The molecule has 0 bridgehead atoms. The molecule has 0 aliphatic heterocycles. The second-order valence-electron chi connectivity index (χ2n) is 2.11. The number of halogens is 4. The topological polar surface area (TPSA) is 34.1 Å². The Kier molecular flexibility index (Phi) is 3.19. The molecular formula is C4H6ClF3O2S. The van der Waals surface area contributed by atoms with Gasteiger partial charge >= 0.3 is 6.18 Å². The summed E-state index contributed by atoms with van der Waals surface area (Å²) in [7, 11) is 0.578. The minimum atomic E-state index is -4.48. The lowest BCUT2D eigenvalue weighted by atomic mass is 10.3. The molecule has 1 atom stereocenters. The van der Waals surface area contributed by atoms with Crippen molar-refractivity contribution in [2.75, 3.05) is 0 Å². The quantitative estimate of drug-likeness (QED) is 0.653. The Bertz CT molecular complexity index is 220. The van der Waals surface area contributed by atoms with Gasteiger partial charge < -0.3 is 0 Å². The van der Waals surface area contributed by atoms with Crippen LogP contribution < -0.4 is 0 Å². The van der Waals surface area contributed by atoms with E-state index in [0.29, 0.717) is 0 Å². The molecule has 0 radical (unpaired) electrons. The number of rotatable bonds is 2. The van der Waals surface area contributed by atoms with Crippen LogP contribution in [0.5, 0.6) is 0 Å². The van der Waals surface area contributed by atoms with Crippen molar-refractivity contribution in [3.05, 3.63) is 0 Å². The Labute approximate surface area is 66.8 Å². The first-order valence-electron chi connectivity index (χ1n) is 2.63. The van der Waals surface area contributed by atoms with E-state index < -0.39 is 26.9 Å². The summed E-state index contributed by atoms with van der Waals surface area (Å²) in [5, 5.41) is -1.58. The highest BCUT2D eigenvalue weighted by molar-refractivity contribution is 8.14. The van der Waals surface area contributed by atoms with Gasteiger partial charge in [0.2, 0.25) is 9.05 Å². The minimum absolute atomic E-state index is 0.913. The number of alkyl halides is 3. The van der Waals surface area contributed by atoms with Crippen LogP contribution in [0, 0.1) is 0 Å². The summed E-state index contributed by atoms with van der Waals surface area (Å²) >= 11 is 0. The second kappa shape index (κ2) is 3.18. The van der Waals surface area contributed by atoms with Gasteiger partial charge in [-0.05, 0) is 6.92 Å². The number of hydrogen-bond donors (Lipinski definition) is 0. The van der Waals surface area contributed by atoms with Gasteiger partial charge in [-0.1, -0.05) is 0 Å². The van der Waals surface area contributed by atoms with E-state index >= 15 is 0 Å². The van der Waals surface area contributed by atoms with E-state index in [1.165, 1.54) is 0 Å². The van der Waals surface area contributed by atoms with Crippen LogP contribution in [0.1, 0.15) is 13.3 Å². The van der Waals surface area contributed by atoms with Gasteiger partial charge in [0.15, 0.2) is 0 Å². The smallest absolute Gasteiger partial charge is 0.212 e. The maximum absolute atomic E-state index is 11.5. The first-order chi connectivity index (χ1) is 4.63. The van der Waals surface area contributed by atoms with Gasteiger partial charge in [-0.3, -0.25) is 0 Å². The molecule has 0 aliphatic rings. The van der Waals surface area contributed by atoms with E-state index in [0.717, 1.165) is 6.92 Å². The Hall–Kier alpha value is 0.0300. The number of hydrogen-bond acceptors (Lipinski definition) is 2. The molecule has 0 saturated carbocycles. The van der Waals surface area contributed by atoms with E-state index in [4.69, 9.17) is 0 Å². The molecule has 11 heavy (non-hydrogen) atoms. The zero-order valence-corrected chi connectivity index (χ0v) is 7.09. The first kappa shape index (κ1) is 11.0. The van der Waals surface area contributed by atoms with Crippen LogP contribution in [0.15, 0.2) is 0 Å². The lowest BCUT2D eigenvalue weighted by molar-refractivity contribution is -0.133. The molecule has 0 rings (SSSR count). The molecule has 0 aromatic carbocycles. The normalized spacial score (nSPS) is 16.5. The molecule has 0 amide bonds. The summed E-state index contributed by atoms with van der Waals surface area (Å²) in [5.41, 5.74) is 0. The Morgan fingerprint density at radius 2 is 1.82 bits per heavy atom. The second-order valence-corrected chi connectivity index (χ2v) is 5.15. The predicted molar refractivity (Wildman–Crippen MR) is 34.9 cm³/mol. The van der Waals surface area contributed by atoms with Crippen LogP contribution in [0.4, 0.5) is 13.2 Å². The lowest BCUT2D eigenvalue weighted by Crippen LogP contribution is -2.21. The van der Waals surface area contributed by atoms with Crippen LogP contribution in [-0.2, 0) is 9.05 Å². The molecule has 68 valence electrons. The fourth-order valence-electron chi connectivity index (χ4n) is 0.425. The molecule has 0 fully saturated rings. The third-order valence-corrected chi connectivity index (χ3v) is 3.04. The van der Waals surface area contributed by atoms with Gasteiger partial charge in [-0.2, -0.15) is 13.2 Å². The molecule has 0 aromatic heterocycles. The highest BCUT2D eigenvalue weighted by atomic mass is 35.7. The molecule has 7 heteroatoms. The Morgan fingerprint density at radius 1 is 1.45 bits per heavy atom. The van der Waals surface area contributed by atoms with Crippen LogP contribution in [0.25, 0.3) is 0 Å². The van der Waals surface area contributed by atoms with E-state index in [9.17, 15) is 21.6 Å². The maximum atomic E-state index is 11.5. The van der Waals surface area contributed by atoms with E-state index in [1.54, 1.807) is 0 Å². The lowest BCUT2D eigenvalue weighted by Gasteiger charge is -2.09. The van der Waals surface area contributed by atoms with Crippen LogP contribution in [-0.4, -0.2) is 19.8 Å². The zero-order valence-electron chi connectivity index (χ0n) is 5.52. The van der Waals surface area contributed by atoms with Crippen molar-refractivity contribution in [1.82, 2.24) is 0 Å². The Morgan fingerprint density at radius 3 is 1.91 bits per heavy atom. The third-order valence-electron chi connectivity index (χ3n) is 1.000. The van der Waals surface area contributed by atoms with Crippen molar-refractivity contribution in [3.8, 4) is 0 Å². The summed E-state index contributed by atoms with van der Waals surface area (Å²) < 4.78 is 55.1. The molecule has 1 unspecified atom stereocenters. The van der Waals surface area contributed by atoms with Gasteiger partial charge in [-0.15, -0.1) is 0 Å². The third kappa shape index (κ3) is 5.32. The molecule has 0 heterocycles. The average molecular weight is 211 g/mol. The maximum Gasteiger partial charge on any atom is 0.390 e. The summed E-state index contributed by atoms with van der Waals surface area (Å²) in [4.78, 5) is 0. The van der Waals surface area contributed by atoms with Crippen molar-refractivity contribution in [1.29, 1.82) is 0 Å². The summed E-state index contributed by atoms with van der Waals surface area (Å²) in [6, 6.07) is 0. The molecule has 0 aliphatic carbocycles. The van der Waals surface area contributed by atoms with E-state index in [1.807, 2.05) is 0 Å². The minimum Gasteiger partial charge on any atom is -0.212 e. The van der Waals surface area contributed by atoms with Crippen molar-refractivity contribution in [2.24, 2.45) is 0 Å². The van der Waals surface area contributed by atoms with Crippen molar-refractivity contribution in [2.45, 2.75) is 24.8 Å². The molecule has 0 spiro atoms. The fraction of sp³-hybridized carbons (Fsp3) is 1.00. The largest absolute Gasteiger partial charge is 0.390 e. The van der Waals surface area contributed by atoms with E-state index in [-0.39, 0.29) is 0 Å². The summed E-state index contributed by atoms with van der Waals surface area (Å²) in [6.45, 7) is 0.913. The predicted octanol–water partition coefficient (Wildman–Crippen LogP) is 1.90. The fourth-order valence-corrected chi connectivity index (χ4v) is 1.00. The van der Waals surface area contributed by atoms with Gasteiger partial charge in [0.1, 0.15) is 0 Å². The first-order valence-corrected chi connectivity index (χ1v) is 5.00. The Balaban J connectivity index is 4.22. The molecule has 0 aromatic rings. The van der Waals surface area contributed by atoms with Gasteiger partial charge in [0.25, 0.3) is 0 Å². The van der Waals surface area contributed by atoms with Crippen molar-refractivity contribution >= 4 is 19.7 Å². The molecule has 2 nitrogen and oxygen atoms in total. The zero-order chi connectivity index (χ0) is 9.28. The van der Waals surface area contributed by atoms with Gasteiger partial charge in [-0.25, -0.2) is 8.42 Å². The highest BCUT2D eigenvalue weighted by Crippen LogP contribution is 2.25. The van der Waals surface area contributed by atoms with Crippen molar-refractivity contribution in [3.63, 3.8) is 0 Å².